The minimum atomic E-state index is -0.642. The highest BCUT2D eigenvalue weighted by molar-refractivity contribution is 6.11. The SMILES string of the molecule is Cc1cccc(C)c1C=N/C(=C\C(=N)c1cccc(C(c2ccccc2)(c2ccccc2)c2ccccc2)c1)c1cccc(C(c2ccccc2)(c2ccccc2)c2ccccc2)c1. The van der Waals surface area contributed by atoms with Crippen LogP contribution in [0.4, 0.5) is 0 Å². The Balaban J connectivity index is 1.24. The van der Waals surface area contributed by atoms with Gasteiger partial charge in [0.05, 0.1) is 22.2 Å². The molecule has 0 saturated carbocycles. The van der Waals surface area contributed by atoms with Crippen molar-refractivity contribution in [1.82, 2.24) is 0 Å². The van der Waals surface area contributed by atoms with Crippen molar-refractivity contribution in [2.75, 3.05) is 0 Å². The molecule has 64 heavy (non-hydrogen) atoms. The lowest BCUT2D eigenvalue weighted by Crippen LogP contribution is -2.31. The number of allylic oxidation sites excluding steroid dienone is 1. The molecule has 0 aliphatic heterocycles. The second kappa shape index (κ2) is 18.6. The highest BCUT2D eigenvalue weighted by Gasteiger charge is 2.40. The van der Waals surface area contributed by atoms with E-state index < -0.39 is 10.8 Å². The third kappa shape index (κ3) is 7.87. The van der Waals surface area contributed by atoms with E-state index in [4.69, 9.17) is 4.99 Å². The van der Waals surface area contributed by atoms with Crippen LogP contribution >= 0.6 is 0 Å². The molecule has 0 fully saturated rings. The van der Waals surface area contributed by atoms with Crippen LogP contribution in [0.15, 0.2) is 260 Å². The van der Waals surface area contributed by atoms with Crippen molar-refractivity contribution in [3.05, 3.63) is 327 Å². The summed E-state index contributed by atoms with van der Waals surface area (Å²) in [5, 5.41) is 9.92. The Hall–Kier alpha value is -7.94. The van der Waals surface area contributed by atoms with Gasteiger partial charge in [-0.15, -0.1) is 0 Å². The van der Waals surface area contributed by atoms with Crippen LogP contribution in [-0.4, -0.2) is 11.9 Å². The molecular formula is C62H50N2. The first-order valence-corrected chi connectivity index (χ1v) is 21.9. The molecule has 0 atom stereocenters. The lowest BCUT2D eigenvalue weighted by Gasteiger charge is -2.37. The fraction of sp³-hybridized carbons (Fsp3) is 0.0645. The molecule has 0 spiro atoms. The number of aliphatic imine (C=N–C) groups is 1. The van der Waals surface area contributed by atoms with E-state index in [0.717, 1.165) is 72.3 Å². The molecule has 2 heteroatoms. The third-order valence-electron chi connectivity index (χ3n) is 12.6. The molecular weight excluding hydrogens is 773 g/mol. The molecule has 0 aromatic heterocycles. The van der Waals surface area contributed by atoms with Gasteiger partial charge in [0.25, 0.3) is 0 Å². The number of rotatable bonds is 13. The van der Waals surface area contributed by atoms with Crippen molar-refractivity contribution in [3.63, 3.8) is 0 Å². The molecule has 0 amide bonds. The predicted molar refractivity (Wildman–Crippen MR) is 268 cm³/mol. The minimum Gasteiger partial charge on any atom is -0.300 e. The number of benzene rings is 9. The first kappa shape index (κ1) is 41.4. The molecule has 0 bridgehead atoms. The molecule has 0 saturated heterocycles. The Morgan fingerprint density at radius 1 is 0.359 bits per heavy atom. The van der Waals surface area contributed by atoms with E-state index in [1.165, 1.54) is 0 Å². The smallest absolute Gasteiger partial charge is 0.0723 e. The van der Waals surface area contributed by atoms with Crippen molar-refractivity contribution in [1.29, 1.82) is 5.41 Å². The number of aryl methyl sites for hydroxylation is 2. The summed E-state index contributed by atoms with van der Waals surface area (Å²) in [4.78, 5) is 5.30. The maximum atomic E-state index is 9.92. The van der Waals surface area contributed by atoms with E-state index in [9.17, 15) is 5.41 Å². The summed E-state index contributed by atoms with van der Waals surface area (Å²) in [7, 11) is 0. The molecule has 0 aliphatic carbocycles. The Labute approximate surface area is 378 Å². The van der Waals surface area contributed by atoms with E-state index in [1.807, 2.05) is 18.4 Å². The summed E-state index contributed by atoms with van der Waals surface area (Å²) < 4.78 is 0. The first-order chi connectivity index (χ1) is 31.5. The molecule has 308 valence electrons. The van der Waals surface area contributed by atoms with Crippen molar-refractivity contribution < 1.29 is 0 Å². The molecule has 0 unspecified atom stereocenters. The van der Waals surface area contributed by atoms with Gasteiger partial charge in [-0.05, 0) is 98.8 Å². The van der Waals surface area contributed by atoms with Crippen LogP contribution in [0.2, 0.25) is 0 Å². The van der Waals surface area contributed by atoms with Crippen LogP contribution in [0.1, 0.15) is 72.3 Å². The van der Waals surface area contributed by atoms with E-state index >= 15 is 0 Å². The van der Waals surface area contributed by atoms with Gasteiger partial charge in [0, 0.05) is 11.8 Å². The van der Waals surface area contributed by atoms with Gasteiger partial charge in [0.2, 0.25) is 0 Å². The topological polar surface area (TPSA) is 36.2 Å². The highest BCUT2D eigenvalue weighted by atomic mass is 14.7. The minimum absolute atomic E-state index is 0.365. The number of hydrogen-bond acceptors (Lipinski definition) is 2. The predicted octanol–water partition coefficient (Wildman–Crippen LogP) is 14.6. The van der Waals surface area contributed by atoms with E-state index in [-0.39, 0.29) is 0 Å². The summed E-state index contributed by atoms with van der Waals surface area (Å²) in [6, 6.07) is 88.1. The van der Waals surface area contributed by atoms with Gasteiger partial charge in [-0.25, -0.2) is 0 Å². The monoisotopic (exact) mass is 822 g/mol. The summed E-state index contributed by atoms with van der Waals surface area (Å²) in [6.07, 6.45) is 3.91. The van der Waals surface area contributed by atoms with Gasteiger partial charge in [0.1, 0.15) is 0 Å². The summed E-state index contributed by atoms with van der Waals surface area (Å²) in [5.41, 5.74) is 14.0. The molecule has 0 aliphatic rings. The Bertz CT molecular complexity index is 2830. The molecule has 9 aromatic carbocycles. The van der Waals surface area contributed by atoms with Gasteiger partial charge in [-0.3, -0.25) is 4.99 Å². The zero-order valence-corrected chi connectivity index (χ0v) is 36.3. The van der Waals surface area contributed by atoms with Crippen LogP contribution in [0, 0.1) is 19.3 Å². The molecule has 0 heterocycles. The largest absolute Gasteiger partial charge is 0.300 e. The van der Waals surface area contributed by atoms with Crippen LogP contribution in [-0.2, 0) is 10.8 Å². The standard InChI is InChI=1S/C62H50N2/c1-46-24-21-25-47(2)58(46)45-64-60(49-27-23-41-57(43-49)62(53-34-15-6-16-35-53,54-36-17-7-18-37-54)55-38-19-8-20-39-55)44-59(63)48-26-22-40-56(42-48)61(50-28-9-3-10-29-50,51-30-11-4-12-31-51)52-32-13-5-14-33-52/h3-45,63H,1-2H3/b60-44-,63-59?,64-45?. The molecule has 9 aromatic rings. The average molecular weight is 823 g/mol. The summed E-state index contributed by atoms with van der Waals surface area (Å²) in [6.45, 7) is 4.25. The molecule has 0 radical (unpaired) electrons. The Morgan fingerprint density at radius 2 is 0.656 bits per heavy atom. The van der Waals surface area contributed by atoms with Gasteiger partial charge < -0.3 is 5.41 Å². The third-order valence-corrected chi connectivity index (χ3v) is 12.6. The summed E-state index contributed by atoms with van der Waals surface area (Å²) in [5.74, 6) is 0. The van der Waals surface area contributed by atoms with Crippen molar-refractivity contribution in [3.8, 4) is 0 Å². The van der Waals surface area contributed by atoms with Gasteiger partial charge in [-0.2, -0.15) is 0 Å². The fourth-order valence-corrected chi connectivity index (χ4v) is 9.54. The fourth-order valence-electron chi connectivity index (χ4n) is 9.54. The van der Waals surface area contributed by atoms with Crippen LogP contribution in [0.25, 0.3) is 5.70 Å². The number of nitrogens with one attached hydrogen (secondary N) is 1. The quantitative estimate of drug-likeness (QED) is 0.0888. The first-order valence-electron chi connectivity index (χ1n) is 21.9. The Kier molecular flexibility index (Phi) is 12.0. The zero-order chi connectivity index (χ0) is 43.8. The maximum absolute atomic E-state index is 9.92. The number of nitrogens with zero attached hydrogens (tertiary/aromatic N) is 1. The van der Waals surface area contributed by atoms with Crippen LogP contribution < -0.4 is 0 Å². The lowest BCUT2D eigenvalue weighted by molar-refractivity contribution is 0.744. The number of hydrogen-bond donors (Lipinski definition) is 1. The highest BCUT2D eigenvalue weighted by Crippen LogP contribution is 2.47. The molecule has 1 N–H and O–H groups in total. The Morgan fingerprint density at radius 3 is 1.02 bits per heavy atom. The zero-order valence-electron chi connectivity index (χ0n) is 36.3. The summed E-state index contributed by atoms with van der Waals surface area (Å²) >= 11 is 0. The lowest BCUT2D eigenvalue weighted by atomic mass is 9.65. The maximum Gasteiger partial charge on any atom is 0.0723 e. The average Bonchev–Trinajstić information content (AvgIpc) is 3.36. The van der Waals surface area contributed by atoms with Gasteiger partial charge >= 0.3 is 0 Å². The van der Waals surface area contributed by atoms with Crippen LogP contribution in [0.5, 0.6) is 0 Å². The van der Waals surface area contributed by atoms with Crippen LogP contribution in [0.3, 0.4) is 0 Å². The van der Waals surface area contributed by atoms with Crippen molar-refractivity contribution in [2.45, 2.75) is 24.7 Å². The van der Waals surface area contributed by atoms with Crippen molar-refractivity contribution in [2.24, 2.45) is 4.99 Å². The molecule has 9 rings (SSSR count). The van der Waals surface area contributed by atoms with Gasteiger partial charge in [-0.1, -0.05) is 237 Å². The second-order valence-electron chi connectivity index (χ2n) is 16.4. The van der Waals surface area contributed by atoms with E-state index in [0.29, 0.717) is 11.4 Å². The van der Waals surface area contributed by atoms with E-state index in [1.54, 1.807) is 0 Å². The van der Waals surface area contributed by atoms with Gasteiger partial charge in [0.15, 0.2) is 0 Å². The normalized spacial score (nSPS) is 12.0. The second-order valence-corrected chi connectivity index (χ2v) is 16.4. The molecule has 2 nitrogen and oxygen atoms in total. The van der Waals surface area contributed by atoms with Crippen molar-refractivity contribution >= 4 is 17.6 Å². The van der Waals surface area contributed by atoms with E-state index in [2.05, 4.69) is 257 Å².